The van der Waals surface area contributed by atoms with Gasteiger partial charge in [0.05, 0.1) is 28.5 Å². The zero-order chi connectivity index (χ0) is 26.8. The highest BCUT2D eigenvalue weighted by Gasteiger charge is 2.35. The molecule has 0 saturated carbocycles. The van der Waals surface area contributed by atoms with E-state index >= 15 is 0 Å². The van der Waals surface area contributed by atoms with Gasteiger partial charge in [-0.1, -0.05) is 77.5 Å². The molecule has 0 amide bonds. The summed E-state index contributed by atoms with van der Waals surface area (Å²) < 4.78 is 7.61. The molecule has 1 aliphatic heterocycles. The van der Waals surface area contributed by atoms with Gasteiger partial charge in [0.15, 0.2) is 4.80 Å². The molecule has 3 aromatic carbocycles. The first-order valence-electron chi connectivity index (χ1n) is 12.2. The predicted octanol–water partition coefficient (Wildman–Crippen LogP) is 4.66. The maximum absolute atomic E-state index is 13.9. The lowest BCUT2D eigenvalue weighted by Gasteiger charge is -2.25. The SMILES string of the molecule is CCOC(=O)C1=C(c2ccccc2)N=c2sc(=Cc3ccc(N(C)C)cc3)c(=O)n2C1c1ccc(Cl)cc1. The van der Waals surface area contributed by atoms with E-state index in [0.717, 1.165) is 22.4 Å². The van der Waals surface area contributed by atoms with Crippen molar-refractivity contribution in [3.63, 3.8) is 0 Å². The predicted molar refractivity (Wildman–Crippen MR) is 153 cm³/mol. The van der Waals surface area contributed by atoms with Crippen molar-refractivity contribution in [1.29, 1.82) is 0 Å². The lowest BCUT2D eigenvalue weighted by molar-refractivity contribution is -0.138. The van der Waals surface area contributed by atoms with Gasteiger partial charge in [0.2, 0.25) is 0 Å². The second-order valence-electron chi connectivity index (χ2n) is 8.97. The van der Waals surface area contributed by atoms with E-state index in [4.69, 9.17) is 21.3 Å². The van der Waals surface area contributed by atoms with Crippen molar-refractivity contribution in [3.05, 3.63) is 126 Å². The van der Waals surface area contributed by atoms with Crippen LogP contribution in [0.1, 0.15) is 29.7 Å². The number of thiazole rings is 1. The number of fused-ring (bicyclic) bond motifs is 1. The van der Waals surface area contributed by atoms with Crippen LogP contribution in [-0.4, -0.2) is 31.2 Å². The molecule has 6 nitrogen and oxygen atoms in total. The topological polar surface area (TPSA) is 63.9 Å². The van der Waals surface area contributed by atoms with Crippen LogP contribution >= 0.6 is 22.9 Å². The van der Waals surface area contributed by atoms with Crippen molar-refractivity contribution in [2.24, 2.45) is 4.99 Å². The van der Waals surface area contributed by atoms with Crippen LogP contribution in [0.25, 0.3) is 11.8 Å². The minimum Gasteiger partial charge on any atom is -0.463 e. The fourth-order valence-electron chi connectivity index (χ4n) is 4.42. The number of carbonyl (C=O) groups is 1. The molecule has 192 valence electrons. The average Bonchev–Trinajstić information content (AvgIpc) is 3.23. The summed E-state index contributed by atoms with van der Waals surface area (Å²) in [6.45, 7) is 1.96. The van der Waals surface area contributed by atoms with Crippen LogP contribution in [0.2, 0.25) is 5.02 Å². The summed E-state index contributed by atoms with van der Waals surface area (Å²) in [5, 5.41) is 0.562. The Morgan fingerprint density at radius 3 is 2.37 bits per heavy atom. The molecule has 0 spiro atoms. The van der Waals surface area contributed by atoms with Crippen molar-refractivity contribution in [2.75, 3.05) is 25.6 Å². The molecule has 5 rings (SSSR count). The fraction of sp³-hybridized carbons (Fsp3) is 0.167. The Morgan fingerprint density at radius 1 is 1.05 bits per heavy atom. The number of nitrogens with zero attached hydrogens (tertiary/aromatic N) is 3. The summed E-state index contributed by atoms with van der Waals surface area (Å²) in [6, 6.07) is 23.9. The van der Waals surface area contributed by atoms with Gasteiger partial charge in [-0.2, -0.15) is 0 Å². The molecule has 0 fully saturated rings. The quantitative estimate of drug-likeness (QED) is 0.332. The minimum absolute atomic E-state index is 0.200. The van der Waals surface area contributed by atoms with E-state index in [2.05, 4.69) is 0 Å². The molecule has 0 saturated heterocycles. The molecular weight excluding hydrogens is 518 g/mol. The highest BCUT2D eigenvalue weighted by molar-refractivity contribution is 7.07. The molecule has 0 N–H and O–H groups in total. The van der Waals surface area contributed by atoms with Gasteiger partial charge in [0, 0.05) is 30.4 Å². The highest BCUT2D eigenvalue weighted by atomic mass is 35.5. The van der Waals surface area contributed by atoms with E-state index in [-0.39, 0.29) is 12.2 Å². The van der Waals surface area contributed by atoms with Crippen LogP contribution in [0.5, 0.6) is 0 Å². The fourth-order valence-corrected chi connectivity index (χ4v) is 5.55. The monoisotopic (exact) mass is 543 g/mol. The van der Waals surface area contributed by atoms with Gasteiger partial charge in [-0.3, -0.25) is 9.36 Å². The third-order valence-corrected chi connectivity index (χ3v) is 7.50. The first-order chi connectivity index (χ1) is 18.4. The van der Waals surface area contributed by atoms with Crippen LogP contribution in [0.3, 0.4) is 0 Å². The van der Waals surface area contributed by atoms with E-state index < -0.39 is 12.0 Å². The highest BCUT2D eigenvalue weighted by Crippen LogP contribution is 2.35. The van der Waals surface area contributed by atoms with E-state index in [9.17, 15) is 9.59 Å². The molecule has 1 aliphatic rings. The summed E-state index contributed by atoms with van der Waals surface area (Å²) in [6.07, 6.45) is 1.86. The maximum atomic E-state index is 13.9. The Kier molecular flexibility index (Phi) is 7.31. The average molecular weight is 544 g/mol. The molecule has 1 aromatic heterocycles. The number of rotatable bonds is 6. The molecule has 2 heterocycles. The number of halogens is 1. The summed E-state index contributed by atoms with van der Waals surface area (Å²) in [4.78, 5) is 34.7. The summed E-state index contributed by atoms with van der Waals surface area (Å²) in [7, 11) is 3.96. The Bertz CT molecular complexity index is 1690. The van der Waals surface area contributed by atoms with Crippen molar-refractivity contribution in [3.8, 4) is 0 Å². The van der Waals surface area contributed by atoms with Crippen molar-refractivity contribution in [1.82, 2.24) is 4.57 Å². The number of anilines is 1. The van der Waals surface area contributed by atoms with Gasteiger partial charge < -0.3 is 9.64 Å². The minimum atomic E-state index is -0.726. The summed E-state index contributed by atoms with van der Waals surface area (Å²) in [5.74, 6) is -0.511. The van der Waals surface area contributed by atoms with Crippen LogP contribution in [0.15, 0.2) is 94.2 Å². The van der Waals surface area contributed by atoms with Gasteiger partial charge in [0.1, 0.15) is 0 Å². The number of esters is 1. The largest absolute Gasteiger partial charge is 0.463 e. The third-order valence-electron chi connectivity index (χ3n) is 6.27. The number of benzene rings is 3. The van der Waals surface area contributed by atoms with E-state index in [1.807, 2.05) is 91.8 Å². The molecule has 1 unspecified atom stereocenters. The zero-order valence-corrected chi connectivity index (χ0v) is 22.8. The normalized spacial score (nSPS) is 15.2. The molecule has 0 radical (unpaired) electrons. The van der Waals surface area contributed by atoms with Crippen molar-refractivity contribution < 1.29 is 9.53 Å². The first-order valence-corrected chi connectivity index (χ1v) is 13.4. The van der Waals surface area contributed by atoms with Crippen LogP contribution in [-0.2, 0) is 9.53 Å². The van der Waals surface area contributed by atoms with Crippen molar-refractivity contribution in [2.45, 2.75) is 13.0 Å². The maximum Gasteiger partial charge on any atom is 0.338 e. The Morgan fingerprint density at radius 2 is 1.74 bits per heavy atom. The van der Waals surface area contributed by atoms with Gasteiger partial charge >= 0.3 is 5.97 Å². The van der Waals surface area contributed by atoms with Crippen molar-refractivity contribution >= 4 is 46.4 Å². The molecule has 8 heteroatoms. The molecule has 0 aliphatic carbocycles. The first kappa shape index (κ1) is 25.7. The van der Waals surface area contributed by atoms with E-state index in [1.165, 1.54) is 11.3 Å². The second-order valence-corrected chi connectivity index (χ2v) is 10.4. The van der Waals surface area contributed by atoms with Gasteiger partial charge in [-0.25, -0.2) is 9.79 Å². The van der Waals surface area contributed by atoms with Gasteiger partial charge in [-0.15, -0.1) is 0 Å². The Balaban J connectivity index is 1.78. The summed E-state index contributed by atoms with van der Waals surface area (Å²) in [5.41, 5.74) is 4.06. The number of carbonyl (C=O) groups excluding carboxylic acids is 1. The van der Waals surface area contributed by atoms with Crippen LogP contribution < -0.4 is 19.8 Å². The van der Waals surface area contributed by atoms with E-state index in [1.54, 1.807) is 23.6 Å². The molecular formula is C30H26ClN3O3S. The Labute approximate surface area is 229 Å². The molecule has 0 bridgehead atoms. The molecule has 1 atom stereocenters. The van der Waals surface area contributed by atoms with Gasteiger partial charge in [0.25, 0.3) is 5.56 Å². The lowest BCUT2D eigenvalue weighted by Crippen LogP contribution is -2.40. The Hall–Kier alpha value is -3.94. The zero-order valence-electron chi connectivity index (χ0n) is 21.2. The van der Waals surface area contributed by atoms with E-state index in [0.29, 0.717) is 25.6 Å². The standard InChI is InChI=1S/C30H26ClN3O3S/c1-4-37-29(36)25-26(20-8-6-5-7-9-20)32-30-34(27(25)21-12-14-22(31)15-13-21)28(35)24(38-30)18-19-10-16-23(17-11-19)33(2)3/h5-18,27H,4H2,1-3H3. The number of hydrogen-bond acceptors (Lipinski definition) is 6. The number of hydrogen-bond donors (Lipinski definition) is 0. The number of ether oxygens (including phenoxy) is 1. The third kappa shape index (κ3) is 4.95. The smallest absolute Gasteiger partial charge is 0.338 e. The van der Waals surface area contributed by atoms with Gasteiger partial charge in [-0.05, 0) is 48.4 Å². The number of aromatic nitrogens is 1. The lowest BCUT2D eigenvalue weighted by atomic mass is 9.93. The molecule has 4 aromatic rings. The van der Waals surface area contributed by atoms with Crippen LogP contribution in [0, 0.1) is 0 Å². The van der Waals surface area contributed by atoms with Crippen LogP contribution in [0.4, 0.5) is 5.69 Å². The molecule has 38 heavy (non-hydrogen) atoms. The summed E-state index contributed by atoms with van der Waals surface area (Å²) >= 11 is 7.48. The second kappa shape index (κ2) is 10.8.